The Labute approximate surface area is 95.5 Å². The molecule has 0 spiro atoms. The Balaban J connectivity index is 0.000000921. The van der Waals surface area contributed by atoms with Gasteiger partial charge in [-0.3, -0.25) is 0 Å². The minimum absolute atomic E-state index is 0.121. The summed E-state index contributed by atoms with van der Waals surface area (Å²) in [5.41, 5.74) is 0. The normalized spacial score (nSPS) is 18.6. The van der Waals surface area contributed by atoms with Gasteiger partial charge in [0.2, 0.25) is 0 Å². The molecule has 4 heteroatoms. The zero-order chi connectivity index (χ0) is 11.7. The molecule has 1 aliphatic rings. The molecule has 0 bridgehead atoms. The highest BCUT2D eigenvalue weighted by atomic mass is 32.2. The molecule has 0 N–H and O–H groups in total. The van der Waals surface area contributed by atoms with Crippen molar-refractivity contribution in [2.45, 2.75) is 20.0 Å². The van der Waals surface area contributed by atoms with Crippen molar-refractivity contribution in [3.63, 3.8) is 0 Å². The van der Waals surface area contributed by atoms with E-state index in [0.717, 1.165) is 0 Å². The average molecular weight is 230 g/mol. The van der Waals surface area contributed by atoms with Gasteiger partial charge in [-0.25, -0.2) is 4.79 Å². The smallest absolute Gasteiger partial charge is 0.344 e. The highest BCUT2D eigenvalue weighted by Gasteiger charge is 2.24. The molecule has 1 unspecified atom stereocenters. The Kier molecular flexibility index (Phi) is 8.14. The Morgan fingerprint density at radius 1 is 1.67 bits per heavy atom. The van der Waals surface area contributed by atoms with E-state index < -0.39 is 0 Å². The fourth-order valence-corrected chi connectivity index (χ4v) is 1.19. The van der Waals surface area contributed by atoms with E-state index in [4.69, 9.17) is 9.47 Å². The zero-order valence-electron chi connectivity index (χ0n) is 9.49. The summed E-state index contributed by atoms with van der Waals surface area (Å²) in [4.78, 5) is 11.8. The van der Waals surface area contributed by atoms with E-state index in [1.807, 2.05) is 20.1 Å². The summed E-state index contributed by atoms with van der Waals surface area (Å²) >= 11 is 1.35. The number of allylic oxidation sites excluding steroid dienone is 2. The Morgan fingerprint density at radius 2 is 2.27 bits per heavy atom. The van der Waals surface area contributed by atoms with E-state index in [0.29, 0.717) is 18.1 Å². The Morgan fingerprint density at radius 3 is 2.67 bits per heavy atom. The quantitative estimate of drug-likeness (QED) is 0.314. The monoisotopic (exact) mass is 230 g/mol. The van der Waals surface area contributed by atoms with Crippen molar-refractivity contribution >= 4 is 17.7 Å². The van der Waals surface area contributed by atoms with E-state index in [9.17, 15) is 4.79 Å². The number of epoxide rings is 1. The van der Waals surface area contributed by atoms with Gasteiger partial charge in [0.25, 0.3) is 0 Å². The molecule has 86 valence electrons. The highest BCUT2D eigenvalue weighted by Crippen LogP contribution is 2.15. The third-order valence-electron chi connectivity index (χ3n) is 1.49. The average Bonchev–Trinajstić information content (AvgIpc) is 3.09. The second kappa shape index (κ2) is 8.56. The van der Waals surface area contributed by atoms with Gasteiger partial charge in [0.15, 0.2) is 0 Å². The van der Waals surface area contributed by atoms with E-state index in [-0.39, 0.29) is 12.1 Å². The van der Waals surface area contributed by atoms with Crippen LogP contribution in [0, 0.1) is 0 Å². The number of thioether (sulfide) groups is 1. The van der Waals surface area contributed by atoms with Crippen molar-refractivity contribution in [3.05, 3.63) is 23.6 Å². The molecule has 0 aromatic carbocycles. The SMILES string of the molecule is C=C/C=C(\SC)C(=O)OCC1CO1.CC. The molecule has 0 saturated carbocycles. The number of esters is 1. The maximum absolute atomic E-state index is 11.3. The molecule has 1 fully saturated rings. The molecule has 3 nitrogen and oxygen atoms in total. The summed E-state index contributed by atoms with van der Waals surface area (Å²) in [7, 11) is 0. The van der Waals surface area contributed by atoms with Gasteiger partial charge in [0.1, 0.15) is 12.7 Å². The van der Waals surface area contributed by atoms with Crippen LogP contribution in [0.2, 0.25) is 0 Å². The van der Waals surface area contributed by atoms with Gasteiger partial charge in [0.05, 0.1) is 11.5 Å². The highest BCUT2D eigenvalue weighted by molar-refractivity contribution is 8.03. The second-order valence-electron chi connectivity index (χ2n) is 2.52. The lowest BCUT2D eigenvalue weighted by Gasteiger charge is -2.03. The van der Waals surface area contributed by atoms with Gasteiger partial charge in [-0.2, -0.15) is 0 Å². The molecule has 0 amide bonds. The molecule has 1 atom stereocenters. The van der Waals surface area contributed by atoms with Crippen LogP contribution in [0.15, 0.2) is 23.6 Å². The van der Waals surface area contributed by atoms with E-state index in [1.165, 1.54) is 11.8 Å². The van der Waals surface area contributed by atoms with E-state index in [1.54, 1.807) is 12.2 Å². The second-order valence-corrected chi connectivity index (χ2v) is 3.37. The molecule has 1 rings (SSSR count). The minimum atomic E-state index is -0.303. The Hall–Kier alpha value is -0.740. The molecular formula is C11H18O3S. The van der Waals surface area contributed by atoms with Crippen LogP contribution in [0.1, 0.15) is 13.8 Å². The van der Waals surface area contributed by atoms with E-state index >= 15 is 0 Å². The van der Waals surface area contributed by atoms with Gasteiger partial charge in [-0.05, 0) is 12.3 Å². The first-order valence-corrected chi connectivity index (χ1v) is 6.16. The van der Waals surface area contributed by atoms with Gasteiger partial charge < -0.3 is 9.47 Å². The predicted molar refractivity (Wildman–Crippen MR) is 63.8 cm³/mol. The molecular weight excluding hydrogens is 212 g/mol. The predicted octanol–water partition coefficient (Wildman–Crippen LogP) is 2.39. The molecule has 1 saturated heterocycles. The molecule has 0 radical (unpaired) electrons. The molecule has 0 aromatic rings. The van der Waals surface area contributed by atoms with Crippen LogP contribution in [0.5, 0.6) is 0 Å². The van der Waals surface area contributed by atoms with Crippen molar-refractivity contribution in [3.8, 4) is 0 Å². The van der Waals surface area contributed by atoms with Crippen molar-refractivity contribution in [2.75, 3.05) is 19.5 Å². The van der Waals surface area contributed by atoms with Crippen LogP contribution in [0.4, 0.5) is 0 Å². The maximum atomic E-state index is 11.3. The lowest BCUT2D eigenvalue weighted by atomic mass is 10.4. The fourth-order valence-electron chi connectivity index (χ4n) is 0.730. The zero-order valence-corrected chi connectivity index (χ0v) is 10.3. The summed E-state index contributed by atoms with van der Waals surface area (Å²) in [6, 6.07) is 0. The van der Waals surface area contributed by atoms with Crippen molar-refractivity contribution < 1.29 is 14.3 Å². The van der Waals surface area contributed by atoms with Gasteiger partial charge in [0, 0.05) is 0 Å². The molecule has 0 aliphatic carbocycles. The van der Waals surface area contributed by atoms with Gasteiger partial charge in [-0.1, -0.05) is 26.5 Å². The Bertz CT molecular complexity index is 232. The summed E-state index contributed by atoms with van der Waals surface area (Å²) < 4.78 is 9.88. The van der Waals surface area contributed by atoms with Crippen molar-refractivity contribution in [1.29, 1.82) is 0 Å². The fraction of sp³-hybridized carbons (Fsp3) is 0.545. The van der Waals surface area contributed by atoms with Crippen molar-refractivity contribution in [1.82, 2.24) is 0 Å². The van der Waals surface area contributed by atoms with Crippen molar-refractivity contribution in [2.24, 2.45) is 0 Å². The summed E-state index contributed by atoms with van der Waals surface area (Å²) in [6.07, 6.45) is 5.15. The molecule has 0 aromatic heterocycles. The number of carbonyl (C=O) groups excluding carboxylic acids is 1. The molecule has 1 heterocycles. The van der Waals surface area contributed by atoms with Crippen LogP contribution >= 0.6 is 11.8 Å². The summed E-state index contributed by atoms with van der Waals surface area (Å²) in [5, 5.41) is 0. The summed E-state index contributed by atoms with van der Waals surface area (Å²) in [5.74, 6) is -0.303. The standard InChI is InChI=1S/C9H12O3S.C2H6/c1-3-4-8(13-2)9(10)12-6-7-5-11-7;1-2/h3-4,7H,1,5-6H2,2H3;1-2H3/b8-4-;. The number of ether oxygens (including phenoxy) is 2. The van der Waals surface area contributed by atoms with Crippen LogP contribution in [0.3, 0.4) is 0 Å². The van der Waals surface area contributed by atoms with Gasteiger partial charge in [-0.15, -0.1) is 11.8 Å². The first kappa shape index (κ1) is 14.3. The minimum Gasteiger partial charge on any atom is -0.459 e. The number of hydrogen-bond donors (Lipinski definition) is 0. The largest absolute Gasteiger partial charge is 0.459 e. The maximum Gasteiger partial charge on any atom is 0.344 e. The topological polar surface area (TPSA) is 38.8 Å². The van der Waals surface area contributed by atoms with Crippen LogP contribution in [-0.4, -0.2) is 31.5 Å². The van der Waals surface area contributed by atoms with Gasteiger partial charge >= 0.3 is 5.97 Å². The summed E-state index contributed by atoms with van der Waals surface area (Å²) in [6.45, 7) is 8.57. The first-order valence-electron chi connectivity index (χ1n) is 4.93. The first-order chi connectivity index (χ1) is 7.27. The lowest BCUT2D eigenvalue weighted by Crippen LogP contribution is -2.10. The third kappa shape index (κ3) is 6.36. The number of rotatable bonds is 5. The number of carbonyl (C=O) groups is 1. The molecule has 15 heavy (non-hydrogen) atoms. The lowest BCUT2D eigenvalue weighted by molar-refractivity contribution is -0.138. The van der Waals surface area contributed by atoms with Crippen LogP contribution in [-0.2, 0) is 14.3 Å². The van der Waals surface area contributed by atoms with E-state index in [2.05, 4.69) is 6.58 Å². The number of hydrogen-bond acceptors (Lipinski definition) is 4. The molecule has 1 aliphatic heterocycles. The van der Waals surface area contributed by atoms with Crippen LogP contribution in [0.25, 0.3) is 0 Å². The third-order valence-corrected chi connectivity index (χ3v) is 2.24. The van der Waals surface area contributed by atoms with Crippen LogP contribution < -0.4 is 0 Å².